The Morgan fingerprint density at radius 1 is 1.27 bits per heavy atom. The maximum atomic E-state index is 12.1. The summed E-state index contributed by atoms with van der Waals surface area (Å²) >= 11 is 1.80. The molecule has 1 saturated heterocycles. The van der Waals surface area contributed by atoms with Crippen LogP contribution >= 0.6 is 11.3 Å². The van der Waals surface area contributed by atoms with Gasteiger partial charge in [0.15, 0.2) is 5.78 Å². The molecule has 1 aromatic heterocycles. The molecule has 4 nitrogen and oxygen atoms in total. The van der Waals surface area contributed by atoms with E-state index >= 15 is 0 Å². The predicted octanol–water partition coefficient (Wildman–Crippen LogP) is 4.28. The number of hydrogen-bond acceptors (Lipinski definition) is 5. The van der Waals surface area contributed by atoms with Gasteiger partial charge in [-0.3, -0.25) is 14.7 Å². The molecule has 2 fully saturated rings. The van der Waals surface area contributed by atoms with Crippen molar-refractivity contribution in [3.63, 3.8) is 0 Å². The minimum absolute atomic E-state index is 0.0538. The van der Waals surface area contributed by atoms with Crippen molar-refractivity contribution in [1.29, 1.82) is 0 Å². The van der Waals surface area contributed by atoms with Gasteiger partial charge < -0.3 is 0 Å². The molecule has 134 valence electrons. The van der Waals surface area contributed by atoms with E-state index in [-0.39, 0.29) is 11.8 Å². The van der Waals surface area contributed by atoms with Crippen LogP contribution in [-0.2, 0) is 4.79 Å². The number of benzene rings is 1. The van der Waals surface area contributed by atoms with Crippen LogP contribution in [0.4, 0.5) is 0 Å². The number of fused-ring (bicyclic) bond motifs is 1. The van der Waals surface area contributed by atoms with E-state index in [0.29, 0.717) is 5.92 Å². The monoisotopic (exact) mass is 365 g/mol. The lowest BCUT2D eigenvalue weighted by Crippen LogP contribution is -2.45. The molecule has 5 heteroatoms. The minimum Gasteiger partial charge on any atom is -0.298 e. The lowest BCUT2D eigenvalue weighted by Gasteiger charge is -2.42. The summed E-state index contributed by atoms with van der Waals surface area (Å²) in [5.41, 5.74) is 2.02. The molecule has 0 N–H and O–H groups in total. The average Bonchev–Trinajstić information content (AvgIpc) is 3.20. The highest BCUT2D eigenvalue weighted by Crippen LogP contribution is 2.44. The second-order valence-electron chi connectivity index (χ2n) is 7.79. The summed E-state index contributed by atoms with van der Waals surface area (Å²) in [5.74, 6) is 0.657. The van der Waals surface area contributed by atoms with Gasteiger partial charge in [0.05, 0.1) is 15.2 Å². The van der Waals surface area contributed by atoms with Crippen LogP contribution in [0.15, 0.2) is 35.3 Å². The summed E-state index contributed by atoms with van der Waals surface area (Å²) in [4.78, 5) is 24.0. The number of aromatic nitrogens is 1. The van der Waals surface area contributed by atoms with Crippen molar-refractivity contribution in [1.82, 2.24) is 9.88 Å². The van der Waals surface area contributed by atoms with Crippen LogP contribution in [0.1, 0.15) is 55.1 Å². The summed E-state index contributed by atoms with van der Waals surface area (Å²) in [7, 11) is 0. The maximum Gasteiger partial charge on any atom is 0.184 e. The fourth-order valence-electron chi connectivity index (χ4n) is 4.55. The quantitative estimate of drug-likeness (QED) is 0.816. The molecule has 5 rings (SSSR count). The van der Waals surface area contributed by atoms with E-state index in [9.17, 15) is 4.79 Å². The molecule has 26 heavy (non-hydrogen) atoms. The largest absolute Gasteiger partial charge is 0.298 e. The first-order chi connectivity index (χ1) is 12.7. The molecular weight excluding hydrogens is 342 g/mol. The Balaban J connectivity index is 1.34. The second kappa shape index (κ2) is 6.39. The fourth-order valence-corrected chi connectivity index (χ4v) is 5.69. The van der Waals surface area contributed by atoms with E-state index in [4.69, 9.17) is 4.98 Å². The van der Waals surface area contributed by atoms with E-state index in [1.165, 1.54) is 41.9 Å². The lowest BCUT2D eigenvalue weighted by molar-refractivity contribution is -0.115. The number of dihydropyridines is 1. The molecule has 2 aromatic rings. The van der Waals surface area contributed by atoms with Gasteiger partial charge in [-0.05, 0) is 69.0 Å². The summed E-state index contributed by atoms with van der Waals surface area (Å²) in [6, 6.07) is 7.27. The maximum absolute atomic E-state index is 12.1. The Bertz CT molecular complexity index is 909. The highest BCUT2D eigenvalue weighted by Gasteiger charge is 2.39. The Hall–Kier alpha value is -1.85. The smallest absolute Gasteiger partial charge is 0.184 e. The number of hydrogen-bond donors (Lipinski definition) is 0. The van der Waals surface area contributed by atoms with Crippen molar-refractivity contribution in [2.45, 2.75) is 56.7 Å². The topological polar surface area (TPSA) is 45.6 Å². The molecule has 2 aliphatic heterocycles. The van der Waals surface area contributed by atoms with Crippen LogP contribution in [-0.4, -0.2) is 40.5 Å². The molecule has 0 bridgehead atoms. The van der Waals surface area contributed by atoms with Gasteiger partial charge in [0.25, 0.3) is 0 Å². The molecule has 1 aromatic carbocycles. The molecule has 0 spiro atoms. The Morgan fingerprint density at radius 3 is 2.92 bits per heavy atom. The molecular formula is C21H23N3OS. The highest BCUT2D eigenvalue weighted by atomic mass is 32.1. The third-order valence-electron chi connectivity index (χ3n) is 6.13. The van der Waals surface area contributed by atoms with Gasteiger partial charge in [0, 0.05) is 24.2 Å². The second-order valence-corrected chi connectivity index (χ2v) is 8.85. The summed E-state index contributed by atoms with van der Waals surface area (Å²) < 4.78 is 1.17. The van der Waals surface area contributed by atoms with Crippen molar-refractivity contribution in [2.75, 3.05) is 6.54 Å². The zero-order valence-electron chi connectivity index (χ0n) is 15.0. The lowest BCUT2D eigenvalue weighted by atomic mass is 9.79. The molecule has 0 radical (unpaired) electrons. The normalized spacial score (nSPS) is 31.7. The molecule has 1 unspecified atom stereocenters. The number of likely N-dealkylation sites (tertiary alicyclic amines) is 1. The Kier molecular flexibility index (Phi) is 4.02. The van der Waals surface area contributed by atoms with Gasteiger partial charge in [-0.1, -0.05) is 6.07 Å². The first-order valence-electron chi connectivity index (χ1n) is 9.59. The van der Waals surface area contributed by atoms with Crippen molar-refractivity contribution < 1.29 is 4.79 Å². The van der Waals surface area contributed by atoms with E-state index in [0.717, 1.165) is 23.2 Å². The van der Waals surface area contributed by atoms with Crippen LogP contribution in [0.3, 0.4) is 0 Å². The third-order valence-corrected chi connectivity index (χ3v) is 7.31. The first-order valence-corrected chi connectivity index (χ1v) is 10.4. The number of carbonyl (C=O) groups excluding carboxylic acids is 1. The summed E-state index contributed by atoms with van der Waals surface area (Å²) in [6.07, 6.45) is 10.2. The van der Waals surface area contributed by atoms with Crippen LogP contribution in [0.5, 0.6) is 0 Å². The Labute approximate surface area is 157 Å². The fraction of sp³-hybridized carbons (Fsp3) is 0.476. The Morgan fingerprint density at radius 2 is 2.15 bits per heavy atom. The van der Waals surface area contributed by atoms with Gasteiger partial charge in [0.1, 0.15) is 6.04 Å². The van der Waals surface area contributed by atoms with Crippen LogP contribution in [0.2, 0.25) is 0 Å². The number of ketones is 1. The minimum atomic E-state index is -0.389. The average molecular weight is 366 g/mol. The molecule has 1 saturated carbocycles. The van der Waals surface area contributed by atoms with Crippen molar-refractivity contribution in [3.8, 4) is 0 Å². The SMILES string of the molecule is C[C@H]1CCCN1C1CC(c2nc3ccc(C4N=CC=CC4=O)cc3s2)C1. The number of allylic oxidation sites excluding steroid dienone is 1. The van der Waals surface area contributed by atoms with Crippen LogP contribution in [0, 0.1) is 0 Å². The molecule has 3 aliphatic rings. The van der Waals surface area contributed by atoms with Gasteiger partial charge in [0.2, 0.25) is 0 Å². The van der Waals surface area contributed by atoms with E-state index in [1.807, 2.05) is 12.1 Å². The summed E-state index contributed by atoms with van der Waals surface area (Å²) in [5, 5.41) is 1.26. The van der Waals surface area contributed by atoms with Gasteiger partial charge in [-0.2, -0.15) is 0 Å². The number of rotatable bonds is 3. The van der Waals surface area contributed by atoms with Crippen molar-refractivity contribution >= 4 is 33.6 Å². The third kappa shape index (κ3) is 2.74. The van der Waals surface area contributed by atoms with Crippen molar-refractivity contribution in [2.24, 2.45) is 4.99 Å². The number of nitrogens with zero attached hydrogens (tertiary/aromatic N) is 3. The zero-order valence-corrected chi connectivity index (χ0v) is 15.8. The molecule has 3 heterocycles. The number of carbonyl (C=O) groups is 1. The van der Waals surface area contributed by atoms with E-state index < -0.39 is 0 Å². The summed E-state index contributed by atoms with van der Waals surface area (Å²) in [6.45, 7) is 3.63. The number of aliphatic imine (C=N–C) groups is 1. The van der Waals surface area contributed by atoms with Gasteiger partial charge in [-0.15, -0.1) is 11.3 Å². The standard InChI is InChI=1S/C21H23N3OS/c1-13-4-3-9-24(13)16-10-15(11-16)21-23-17-7-6-14(12-19(17)26-21)20-18(25)5-2-8-22-20/h2,5-8,12-13,15-16,20H,3-4,9-11H2,1H3/t13-,15?,16?,20?/m0/s1. The highest BCUT2D eigenvalue weighted by molar-refractivity contribution is 7.18. The molecule has 0 amide bonds. The van der Waals surface area contributed by atoms with Crippen LogP contribution in [0.25, 0.3) is 10.2 Å². The first kappa shape index (κ1) is 16.3. The van der Waals surface area contributed by atoms with E-state index in [2.05, 4.69) is 22.9 Å². The number of thiazole rings is 1. The molecule has 1 aliphatic carbocycles. The molecule has 2 atom stereocenters. The van der Waals surface area contributed by atoms with Gasteiger partial charge >= 0.3 is 0 Å². The van der Waals surface area contributed by atoms with E-state index in [1.54, 1.807) is 29.7 Å². The predicted molar refractivity (Wildman–Crippen MR) is 106 cm³/mol. The van der Waals surface area contributed by atoms with Crippen molar-refractivity contribution in [3.05, 3.63) is 40.9 Å². The zero-order chi connectivity index (χ0) is 17.7. The van der Waals surface area contributed by atoms with Crippen LogP contribution < -0.4 is 0 Å². The van der Waals surface area contributed by atoms with Gasteiger partial charge in [-0.25, -0.2) is 4.98 Å².